The van der Waals surface area contributed by atoms with Crippen LogP contribution in [-0.2, 0) is 0 Å². The molecule has 1 aromatic rings. The number of rotatable bonds is 4. The highest BCUT2D eigenvalue weighted by atomic mass is 32.2. The molecular weight excluding hydrogens is 242 g/mol. The maximum atomic E-state index is 10.2. The van der Waals surface area contributed by atoms with Gasteiger partial charge in [0.15, 0.2) is 0 Å². The van der Waals surface area contributed by atoms with Gasteiger partial charge in [-0.25, -0.2) is 0 Å². The minimum atomic E-state index is -0.318. The molecule has 0 aromatic heterocycles. The zero-order chi connectivity index (χ0) is 12.8. The number of aliphatic hydroxyl groups excluding tert-OH is 1. The molecule has 18 heavy (non-hydrogen) atoms. The zero-order valence-electron chi connectivity index (χ0n) is 11.1. The second-order valence-corrected chi connectivity index (χ2v) is 6.25. The summed E-state index contributed by atoms with van der Waals surface area (Å²) in [5.74, 6) is 2.53. The van der Waals surface area contributed by atoms with Crippen molar-refractivity contribution in [2.75, 3.05) is 31.1 Å². The molecule has 2 rings (SSSR count). The minimum Gasteiger partial charge on any atom is -0.388 e. The lowest BCUT2D eigenvalue weighted by molar-refractivity contribution is 0.144. The molecule has 2 nitrogen and oxygen atoms in total. The van der Waals surface area contributed by atoms with Crippen LogP contribution in [-0.4, -0.2) is 41.1 Å². The van der Waals surface area contributed by atoms with Gasteiger partial charge in [-0.1, -0.05) is 29.8 Å². The quantitative estimate of drug-likeness (QED) is 0.905. The molecule has 1 atom stereocenters. The Bertz CT molecular complexity index is 344. The van der Waals surface area contributed by atoms with Crippen LogP contribution in [0.4, 0.5) is 0 Å². The average molecular weight is 265 g/mol. The molecule has 100 valence electrons. The molecule has 1 aromatic carbocycles. The molecule has 3 heteroatoms. The summed E-state index contributed by atoms with van der Waals surface area (Å²) in [5.41, 5.74) is 2.29. The van der Waals surface area contributed by atoms with Crippen molar-refractivity contribution in [2.24, 2.45) is 0 Å². The van der Waals surface area contributed by atoms with Gasteiger partial charge in [0.05, 0.1) is 6.10 Å². The second-order valence-electron chi connectivity index (χ2n) is 5.02. The molecule has 1 fully saturated rings. The van der Waals surface area contributed by atoms with Crippen molar-refractivity contribution < 1.29 is 5.11 Å². The number of hydrogen-bond acceptors (Lipinski definition) is 3. The van der Waals surface area contributed by atoms with Crippen molar-refractivity contribution in [3.63, 3.8) is 0 Å². The number of benzene rings is 1. The number of thioether (sulfide) groups is 1. The third-order valence-corrected chi connectivity index (χ3v) is 4.54. The first-order valence-corrected chi connectivity index (χ1v) is 7.96. The second kappa shape index (κ2) is 7.17. The molecule has 0 amide bonds. The van der Waals surface area contributed by atoms with Gasteiger partial charge in [0.2, 0.25) is 0 Å². The van der Waals surface area contributed by atoms with Crippen LogP contribution in [0.2, 0.25) is 0 Å². The van der Waals surface area contributed by atoms with Crippen molar-refractivity contribution in [1.29, 1.82) is 0 Å². The molecule has 1 unspecified atom stereocenters. The number of nitrogens with zero attached hydrogens (tertiary/aromatic N) is 1. The SMILES string of the molecule is Cc1ccc(C(O)CCN2CCCSCC2)cc1. The number of aliphatic hydroxyl groups is 1. The van der Waals surface area contributed by atoms with Gasteiger partial charge < -0.3 is 10.0 Å². The largest absolute Gasteiger partial charge is 0.388 e. The fraction of sp³-hybridized carbons (Fsp3) is 0.600. The van der Waals surface area contributed by atoms with Crippen LogP contribution in [0.15, 0.2) is 24.3 Å². The first kappa shape index (κ1) is 13.9. The van der Waals surface area contributed by atoms with E-state index in [4.69, 9.17) is 0 Å². The summed E-state index contributed by atoms with van der Waals surface area (Å²) in [4.78, 5) is 2.48. The third-order valence-electron chi connectivity index (χ3n) is 3.50. The lowest BCUT2D eigenvalue weighted by atomic mass is 10.0. The van der Waals surface area contributed by atoms with E-state index < -0.39 is 0 Å². The van der Waals surface area contributed by atoms with Crippen LogP contribution < -0.4 is 0 Å². The summed E-state index contributed by atoms with van der Waals surface area (Å²) in [5, 5.41) is 10.2. The van der Waals surface area contributed by atoms with Gasteiger partial charge in [0.25, 0.3) is 0 Å². The van der Waals surface area contributed by atoms with E-state index in [1.54, 1.807) is 0 Å². The number of aryl methyl sites for hydroxylation is 1. The molecule has 1 aliphatic rings. The Morgan fingerprint density at radius 2 is 2.00 bits per heavy atom. The first-order valence-electron chi connectivity index (χ1n) is 6.80. The van der Waals surface area contributed by atoms with Crippen LogP contribution in [0.3, 0.4) is 0 Å². The summed E-state index contributed by atoms with van der Waals surface area (Å²) >= 11 is 2.05. The molecule has 0 radical (unpaired) electrons. The van der Waals surface area contributed by atoms with Crippen molar-refractivity contribution in [2.45, 2.75) is 25.9 Å². The van der Waals surface area contributed by atoms with Gasteiger partial charge >= 0.3 is 0 Å². The van der Waals surface area contributed by atoms with Gasteiger partial charge in [-0.15, -0.1) is 0 Å². The monoisotopic (exact) mass is 265 g/mol. The van der Waals surface area contributed by atoms with E-state index in [9.17, 15) is 5.11 Å². The fourth-order valence-corrected chi connectivity index (χ4v) is 3.21. The first-order chi connectivity index (χ1) is 8.75. The average Bonchev–Trinajstić information content (AvgIpc) is 2.65. The van der Waals surface area contributed by atoms with Gasteiger partial charge in [-0.2, -0.15) is 11.8 Å². The Labute approximate surface area is 114 Å². The van der Waals surface area contributed by atoms with E-state index in [2.05, 4.69) is 24.0 Å². The van der Waals surface area contributed by atoms with E-state index in [0.717, 1.165) is 18.5 Å². The van der Waals surface area contributed by atoms with Crippen molar-refractivity contribution in [3.05, 3.63) is 35.4 Å². The predicted octanol–water partition coefficient (Wildman–Crippen LogP) is 2.86. The molecule has 0 aliphatic carbocycles. The van der Waals surface area contributed by atoms with Crippen molar-refractivity contribution in [3.8, 4) is 0 Å². The van der Waals surface area contributed by atoms with Gasteiger partial charge in [-0.05, 0) is 37.6 Å². The third kappa shape index (κ3) is 4.30. The molecule has 1 N–H and O–H groups in total. The standard InChI is InChI=1S/C15H23NOS/c1-13-3-5-14(6-4-13)15(17)7-9-16-8-2-11-18-12-10-16/h3-6,15,17H,2,7-12H2,1H3. The maximum Gasteiger partial charge on any atom is 0.0802 e. The van der Waals surface area contributed by atoms with Crippen LogP contribution in [0.1, 0.15) is 30.1 Å². The summed E-state index contributed by atoms with van der Waals surface area (Å²) in [6, 6.07) is 8.22. The van der Waals surface area contributed by atoms with Crippen LogP contribution >= 0.6 is 11.8 Å². The fourth-order valence-electron chi connectivity index (χ4n) is 2.28. The number of hydrogen-bond donors (Lipinski definition) is 1. The van der Waals surface area contributed by atoms with Crippen LogP contribution in [0.5, 0.6) is 0 Å². The molecule has 1 aliphatic heterocycles. The van der Waals surface area contributed by atoms with E-state index >= 15 is 0 Å². The van der Waals surface area contributed by atoms with Crippen LogP contribution in [0.25, 0.3) is 0 Å². The topological polar surface area (TPSA) is 23.5 Å². The van der Waals surface area contributed by atoms with E-state index in [1.165, 1.54) is 36.6 Å². The zero-order valence-corrected chi connectivity index (χ0v) is 12.0. The molecular formula is C15H23NOS. The highest BCUT2D eigenvalue weighted by molar-refractivity contribution is 7.99. The van der Waals surface area contributed by atoms with Crippen LogP contribution in [0, 0.1) is 6.92 Å². The van der Waals surface area contributed by atoms with Gasteiger partial charge in [0.1, 0.15) is 0 Å². The Morgan fingerprint density at radius 3 is 2.78 bits per heavy atom. The maximum absolute atomic E-state index is 10.2. The lowest BCUT2D eigenvalue weighted by Gasteiger charge is -2.21. The Morgan fingerprint density at radius 1 is 1.22 bits per heavy atom. The van der Waals surface area contributed by atoms with Crippen molar-refractivity contribution >= 4 is 11.8 Å². The Kier molecular flexibility index (Phi) is 5.54. The molecule has 0 bridgehead atoms. The van der Waals surface area contributed by atoms with Crippen molar-refractivity contribution in [1.82, 2.24) is 4.90 Å². The summed E-state index contributed by atoms with van der Waals surface area (Å²) < 4.78 is 0. The minimum absolute atomic E-state index is 0.318. The van der Waals surface area contributed by atoms with E-state index in [1.807, 2.05) is 23.9 Å². The smallest absolute Gasteiger partial charge is 0.0802 e. The van der Waals surface area contributed by atoms with E-state index in [0.29, 0.717) is 0 Å². The normalized spacial score (nSPS) is 19.4. The Balaban J connectivity index is 1.80. The molecule has 0 saturated carbocycles. The summed E-state index contributed by atoms with van der Waals surface area (Å²) in [6.07, 6.45) is 1.81. The lowest BCUT2D eigenvalue weighted by Crippen LogP contribution is -2.28. The molecule has 0 spiro atoms. The van der Waals surface area contributed by atoms with Gasteiger partial charge in [-0.3, -0.25) is 0 Å². The molecule has 1 heterocycles. The summed E-state index contributed by atoms with van der Waals surface area (Å²) in [7, 11) is 0. The molecule has 1 saturated heterocycles. The highest BCUT2D eigenvalue weighted by Gasteiger charge is 2.12. The Hall–Kier alpha value is -0.510. The van der Waals surface area contributed by atoms with Gasteiger partial charge in [0, 0.05) is 18.8 Å². The summed E-state index contributed by atoms with van der Waals surface area (Å²) in [6.45, 7) is 5.44. The predicted molar refractivity (Wildman–Crippen MR) is 79.1 cm³/mol. The highest BCUT2D eigenvalue weighted by Crippen LogP contribution is 2.18. The van der Waals surface area contributed by atoms with E-state index in [-0.39, 0.29) is 6.10 Å².